The topological polar surface area (TPSA) is 135 Å². The standard InChI is InChI=1S/C21H18N4O6S2/c26-15-8-7-14(18(27)24-15)25-19(28)12-4-3-5-13(17(12)20(25)29)23-21(30)31-10-11-32-33-16-6-1-2-9-22-16/h1-6,9,14H,7-8,10-11H2,(H,23,30)(H,24,26,27). The number of rotatable bonds is 7. The van der Waals surface area contributed by atoms with E-state index in [1.165, 1.54) is 39.8 Å². The number of carbonyl (C=O) groups is 5. The number of anilines is 1. The Hall–Kier alpha value is -3.38. The first-order valence-electron chi connectivity index (χ1n) is 9.94. The molecule has 4 rings (SSSR count). The molecule has 0 saturated carbocycles. The molecule has 0 spiro atoms. The predicted molar refractivity (Wildman–Crippen MR) is 121 cm³/mol. The fraction of sp³-hybridized carbons (Fsp3) is 0.238. The van der Waals surface area contributed by atoms with E-state index in [-0.39, 0.29) is 36.3 Å². The number of piperidine rings is 1. The van der Waals surface area contributed by atoms with Crippen molar-refractivity contribution in [2.24, 2.45) is 0 Å². The van der Waals surface area contributed by atoms with E-state index >= 15 is 0 Å². The number of aromatic nitrogens is 1. The lowest BCUT2D eigenvalue weighted by Crippen LogP contribution is -2.54. The number of imide groups is 2. The molecule has 1 unspecified atom stereocenters. The second-order valence-electron chi connectivity index (χ2n) is 7.01. The van der Waals surface area contributed by atoms with E-state index < -0.39 is 35.8 Å². The van der Waals surface area contributed by atoms with Crippen molar-refractivity contribution in [3.05, 3.63) is 53.7 Å². The molecule has 10 nitrogen and oxygen atoms in total. The van der Waals surface area contributed by atoms with E-state index in [2.05, 4.69) is 15.6 Å². The number of hydrogen-bond donors (Lipinski definition) is 2. The van der Waals surface area contributed by atoms with Crippen LogP contribution in [0.15, 0.2) is 47.6 Å². The summed E-state index contributed by atoms with van der Waals surface area (Å²) in [5.74, 6) is -1.99. The van der Waals surface area contributed by atoms with Crippen molar-refractivity contribution in [3.8, 4) is 0 Å². The molecule has 0 aliphatic carbocycles. The first kappa shape index (κ1) is 22.8. The van der Waals surface area contributed by atoms with E-state index in [9.17, 15) is 24.0 Å². The van der Waals surface area contributed by atoms with E-state index in [1.807, 2.05) is 18.2 Å². The molecule has 1 fully saturated rings. The number of pyridine rings is 1. The quantitative estimate of drug-likeness (QED) is 0.344. The lowest BCUT2D eigenvalue weighted by molar-refractivity contribution is -0.136. The summed E-state index contributed by atoms with van der Waals surface area (Å²) >= 11 is 0. The summed E-state index contributed by atoms with van der Waals surface area (Å²) in [6.07, 6.45) is 0.998. The highest BCUT2D eigenvalue weighted by molar-refractivity contribution is 8.76. The molecule has 1 saturated heterocycles. The average Bonchev–Trinajstić information content (AvgIpc) is 3.05. The number of fused-ring (bicyclic) bond motifs is 1. The van der Waals surface area contributed by atoms with Crippen molar-refractivity contribution in [2.45, 2.75) is 23.9 Å². The Morgan fingerprint density at radius 2 is 2.00 bits per heavy atom. The molecule has 2 aliphatic rings. The number of benzene rings is 1. The monoisotopic (exact) mass is 486 g/mol. The highest BCUT2D eigenvalue weighted by atomic mass is 33.1. The SMILES string of the molecule is O=C1CCC(N2C(=O)c3cccc(NC(=O)OCCSSc4ccccn4)c3C2=O)C(=O)N1. The van der Waals surface area contributed by atoms with E-state index in [4.69, 9.17) is 4.74 Å². The van der Waals surface area contributed by atoms with Crippen molar-refractivity contribution in [1.82, 2.24) is 15.2 Å². The number of hydrogen-bond acceptors (Lipinski definition) is 9. The van der Waals surface area contributed by atoms with Crippen LogP contribution in [-0.2, 0) is 14.3 Å². The van der Waals surface area contributed by atoms with Gasteiger partial charge in [-0.05, 0) is 41.5 Å². The molecule has 0 bridgehead atoms. The fourth-order valence-corrected chi connectivity index (χ4v) is 5.14. The average molecular weight is 487 g/mol. The van der Waals surface area contributed by atoms with Crippen LogP contribution < -0.4 is 10.6 Å². The number of ether oxygens (including phenoxy) is 1. The Bertz CT molecular complexity index is 1130. The maximum absolute atomic E-state index is 13.0. The Kier molecular flexibility index (Phi) is 6.94. The molecular formula is C21H18N4O6S2. The molecule has 1 atom stereocenters. The van der Waals surface area contributed by atoms with Gasteiger partial charge in [0.1, 0.15) is 17.7 Å². The molecule has 2 aromatic rings. The lowest BCUT2D eigenvalue weighted by atomic mass is 10.0. The van der Waals surface area contributed by atoms with Crippen LogP contribution in [0.25, 0.3) is 0 Å². The molecule has 3 heterocycles. The minimum Gasteiger partial charge on any atom is -0.448 e. The third kappa shape index (κ3) is 5.01. The molecule has 2 N–H and O–H groups in total. The summed E-state index contributed by atoms with van der Waals surface area (Å²) in [5.41, 5.74) is 0.176. The van der Waals surface area contributed by atoms with Gasteiger partial charge in [-0.15, -0.1) is 0 Å². The van der Waals surface area contributed by atoms with Gasteiger partial charge in [-0.1, -0.05) is 22.9 Å². The maximum atomic E-state index is 13.0. The van der Waals surface area contributed by atoms with Gasteiger partial charge in [-0.25, -0.2) is 9.78 Å². The van der Waals surface area contributed by atoms with Gasteiger partial charge in [-0.3, -0.25) is 34.7 Å². The molecule has 1 aromatic heterocycles. The van der Waals surface area contributed by atoms with E-state index in [0.29, 0.717) is 5.75 Å². The summed E-state index contributed by atoms with van der Waals surface area (Å²) < 4.78 is 5.16. The molecule has 1 aromatic carbocycles. The number of carbonyl (C=O) groups excluding carboxylic acids is 5. The van der Waals surface area contributed by atoms with Crippen LogP contribution in [0.4, 0.5) is 10.5 Å². The van der Waals surface area contributed by atoms with Gasteiger partial charge in [0.15, 0.2) is 0 Å². The van der Waals surface area contributed by atoms with E-state index in [1.54, 1.807) is 6.20 Å². The summed E-state index contributed by atoms with van der Waals surface area (Å²) in [4.78, 5) is 66.7. The van der Waals surface area contributed by atoms with Crippen molar-refractivity contribution >= 4 is 57.0 Å². The second kappa shape index (κ2) is 10.0. The van der Waals surface area contributed by atoms with Crippen LogP contribution in [0.1, 0.15) is 33.6 Å². The minimum absolute atomic E-state index is 0.00997. The number of nitrogens with one attached hydrogen (secondary N) is 2. The van der Waals surface area contributed by atoms with Crippen LogP contribution in [0.5, 0.6) is 0 Å². The third-order valence-corrected chi connectivity index (χ3v) is 7.12. The highest BCUT2D eigenvalue weighted by Crippen LogP contribution is 2.32. The Labute approximate surface area is 196 Å². The molecule has 5 amide bonds. The van der Waals surface area contributed by atoms with Gasteiger partial charge in [0, 0.05) is 18.4 Å². The van der Waals surface area contributed by atoms with Gasteiger partial charge < -0.3 is 4.74 Å². The maximum Gasteiger partial charge on any atom is 0.411 e. The Morgan fingerprint density at radius 3 is 2.76 bits per heavy atom. The number of amides is 5. The third-order valence-electron chi connectivity index (χ3n) is 4.89. The van der Waals surface area contributed by atoms with Crippen molar-refractivity contribution < 1.29 is 28.7 Å². The van der Waals surface area contributed by atoms with Gasteiger partial charge in [0.25, 0.3) is 11.8 Å². The van der Waals surface area contributed by atoms with Crippen molar-refractivity contribution in [1.29, 1.82) is 0 Å². The van der Waals surface area contributed by atoms with Crippen molar-refractivity contribution in [3.63, 3.8) is 0 Å². The smallest absolute Gasteiger partial charge is 0.411 e. The first-order chi connectivity index (χ1) is 16.0. The Balaban J connectivity index is 1.36. The zero-order chi connectivity index (χ0) is 23.4. The second-order valence-corrected chi connectivity index (χ2v) is 9.45. The van der Waals surface area contributed by atoms with Gasteiger partial charge in [-0.2, -0.15) is 0 Å². The summed E-state index contributed by atoms with van der Waals surface area (Å²) in [5, 5.41) is 5.49. The van der Waals surface area contributed by atoms with E-state index in [0.717, 1.165) is 9.93 Å². The van der Waals surface area contributed by atoms with Crippen LogP contribution in [-0.4, -0.2) is 58.0 Å². The Morgan fingerprint density at radius 1 is 1.15 bits per heavy atom. The molecule has 12 heteroatoms. The number of nitrogens with zero attached hydrogens (tertiary/aromatic N) is 2. The summed E-state index contributed by atoms with van der Waals surface area (Å²) in [6.45, 7) is 0.126. The zero-order valence-corrected chi connectivity index (χ0v) is 18.7. The van der Waals surface area contributed by atoms with Gasteiger partial charge >= 0.3 is 6.09 Å². The summed E-state index contributed by atoms with van der Waals surface area (Å²) in [7, 11) is 2.93. The zero-order valence-electron chi connectivity index (χ0n) is 17.1. The molecule has 0 radical (unpaired) electrons. The molecule has 170 valence electrons. The van der Waals surface area contributed by atoms with Crippen LogP contribution >= 0.6 is 21.6 Å². The highest BCUT2D eigenvalue weighted by Gasteiger charge is 2.45. The van der Waals surface area contributed by atoms with Gasteiger partial charge in [0.2, 0.25) is 11.8 Å². The molecule has 2 aliphatic heterocycles. The van der Waals surface area contributed by atoms with Crippen LogP contribution in [0.3, 0.4) is 0 Å². The van der Waals surface area contributed by atoms with Crippen LogP contribution in [0, 0.1) is 0 Å². The normalized spacial score (nSPS) is 17.6. The first-order valence-corrected chi connectivity index (χ1v) is 12.3. The van der Waals surface area contributed by atoms with Gasteiger partial charge in [0.05, 0.1) is 16.8 Å². The molecule has 33 heavy (non-hydrogen) atoms. The minimum atomic E-state index is -1.08. The van der Waals surface area contributed by atoms with Crippen LogP contribution in [0.2, 0.25) is 0 Å². The summed E-state index contributed by atoms with van der Waals surface area (Å²) in [6, 6.07) is 8.94. The fourth-order valence-electron chi connectivity index (χ4n) is 3.43. The molecular weight excluding hydrogens is 468 g/mol. The van der Waals surface area contributed by atoms with Crippen molar-refractivity contribution in [2.75, 3.05) is 17.7 Å². The largest absolute Gasteiger partial charge is 0.448 e. The predicted octanol–water partition coefficient (Wildman–Crippen LogP) is 2.47. The lowest BCUT2D eigenvalue weighted by Gasteiger charge is -2.27.